The summed E-state index contributed by atoms with van der Waals surface area (Å²) in [5, 5.41) is 2.36. The Kier molecular flexibility index (Phi) is 6.90. The number of hydrogen-bond donors (Lipinski definition) is 0. The lowest BCUT2D eigenvalue weighted by Gasteiger charge is -2.66. The van der Waals surface area contributed by atoms with Crippen molar-refractivity contribution in [2.75, 3.05) is 0 Å². The van der Waals surface area contributed by atoms with Crippen LogP contribution in [0.3, 0.4) is 0 Å². The lowest BCUT2D eigenvalue weighted by atomic mass is 9.38. The van der Waals surface area contributed by atoms with Gasteiger partial charge in [-0.3, -0.25) is 0 Å². The number of nitrogens with zero attached hydrogens (tertiary/aromatic N) is 3. The molecule has 2 spiro atoms. The first kappa shape index (κ1) is 35.3. The van der Waals surface area contributed by atoms with E-state index >= 15 is 0 Å². The van der Waals surface area contributed by atoms with Gasteiger partial charge in [-0.05, 0) is 141 Å². The molecule has 0 saturated heterocycles. The molecule has 2 heterocycles. The van der Waals surface area contributed by atoms with E-state index < -0.39 is 5.41 Å². The van der Waals surface area contributed by atoms with E-state index in [4.69, 9.17) is 19.7 Å². The molecule has 5 aliphatic carbocycles. The molecular weight excluding hydrogens is 779 g/mol. The number of rotatable bonds is 5. The Labute approximate surface area is 372 Å². The zero-order valence-electron chi connectivity index (χ0n) is 35.3. The molecule has 0 unspecified atom stereocenters. The quantitative estimate of drug-likeness (QED) is 0.173. The fraction of sp³-hybridized carbons (Fsp3) is 0.183. The second-order valence-electron chi connectivity index (χ2n) is 19.7. The van der Waals surface area contributed by atoms with Crippen LogP contribution < -0.4 is 4.74 Å². The molecule has 4 saturated carbocycles. The molecule has 4 nitrogen and oxygen atoms in total. The summed E-state index contributed by atoms with van der Waals surface area (Å²) >= 11 is 0. The first-order valence-electron chi connectivity index (χ1n) is 23.2. The molecule has 64 heavy (non-hydrogen) atoms. The maximum Gasteiger partial charge on any atom is 0.164 e. The minimum atomic E-state index is -0.533. The number of fused-ring (bicyclic) bond motifs is 11. The molecule has 2 atom stereocenters. The van der Waals surface area contributed by atoms with Gasteiger partial charge in [0.25, 0.3) is 0 Å². The molecule has 4 fully saturated rings. The first-order valence-corrected chi connectivity index (χ1v) is 23.2. The Morgan fingerprint density at radius 3 is 1.69 bits per heavy atom. The van der Waals surface area contributed by atoms with Crippen molar-refractivity contribution in [3.05, 3.63) is 210 Å². The van der Waals surface area contributed by atoms with Gasteiger partial charge in [0, 0.05) is 27.8 Å². The van der Waals surface area contributed by atoms with Crippen molar-refractivity contribution < 1.29 is 4.74 Å². The van der Waals surface area contributed by atoms with Crippen LogP contribution in [0.5, 0.6) is 11.5 Å². The van der Waals surface area contributed by atoms with Crippen LogP contribution >= 0.6 is 0 Å². The fourth-order valence-electron chi connectivity index (χ4n) is 14.4. The summed E-state index contributed by atoms with van der Waals surface area (Å²) in [6.45, 7) is 0. The van der Waals surface area contributed by atoms with E-state index in [0.717, 1.165) is 73.6 Å². The van der Waals surface area contributed by atoms with E-state index in [2.05, 4.69) is 182 Å². The lowest BCUT2D eigenvalue weighted by molar-refractivity contribution is -0.175. The largest absolute Gasteiger partial charge is 0.457 e. The first-order chi connectivity index (χ1) is 31.6. The number of aromatic nitrogens is 3. The molecule has 0 amide bonds. The highest BCUT2D eigenvalue weighted by atomic mass is 16.5. The third kappa shape index (κ3) is 4.55. The number of benzene rings is 8. The Hall–Kier alpha value is -7.17. The van der Waals surface area contributed by atoms with Crippen molar-refractivity contribution in [2.45, 2.75) is 42.9 Å². The van der Waals surface area contributed by atoms with Crippen LogP contribution in [0.15, 0.2) is 182 Å². The van der Waals surface area contributed by atoms with Gasteiger partial charge in [-0.1, -0.05) is 152 Å². The van der Waals surface area contributed by atoms with Gasteiger partial charge in [-0.25, -0.2) is 15.0 Å². The van der Waals surface area contributed by atoms with Crippen LogP contribution in [0, 0.1) is 23.2 Å². The van der Waals surface area contributed by atoms with Crippen LogP contribution in [0.2, 0.25) is 0 Å². The molecule has 0 N–H and O–H groups in total. The molecule has 4 heteroatoms. The predicted molar refractivity (Wildman–Crippen MR) is 254 cm³/mol. The van der Waals surface area contributed by atoms with Gasteiger partial charge in [0.15, 0.2) is 17.5 Å². The van der Waals surface area contributed by atoms with Crippen molar-refractivity contribution in [3.8, 4) is 67.9 Å². The van der Waals surface area contributed by atoms with Crippen LogP contribution in [0.4, 0.5) is 0 Å². The van der Waals surface area contributed by atoms with Gasteiger partial charge >= 0.3 is 0 Å². The number of hydrogen-bond acceptors (Lipinski definition) is 4. The smallest absolute Gasteiger partial charge is 0.164 e. The summed E-state index contributed by atoms with van der Waals surface area (Å²) in [7, 11) is 0. The summed E-state index contributed by atoms with van der Waals surface area (Å²) in [6.07, 6.45) is 7.11. The molecule has 0 radical (unpaired) electrons. The van der Waals surface area contributed by atoms with Gasteiger partial charge in [-0.15, -0.1) is 0 Å². The minimum Gasteiger partial charge on any atom is -0.457 e. The Bertz CT molecular complexity index is 3400. The van der Waals surface area contributed by atoms with E-state index in [1.54, 1.807) is 0 Å². The van der Waals surface area contributed by atoms with E-state index in [1.807, 2.05) is 0 Å². The third-order valence-corrected chi connectivity index (χ3v) is 17.0. The van der Waals surface area contributed by atoms with Crippen LogP contribution in [-0.2, 0) is 10.8 Å². The molecule has 1 aromatic heterocycles. The molecule has 6 aliphatic rings. The summed E-state index contributed by atoms with van der Waals surface area (Å²) in [5.41, 5.74) is 14.6. The summed E-state index contributed by atoms with van der Waals surface area (Å²) in [6, 6.07) is 66.1. The van der Waals surface area contributed by atoms with E-state index in [0.29, 0.717) is 28.3 Å². The second-order valence-corrected chi connectivity index (χ2v) is 19.7. The standard InChI is InChI=1S/C60H43N3O/c1-2-11-38-28-42(21-20-36(38)10-1)57-62-55(37-22-25-43(26-23-37)58-33-45-31-44-32-46(34-58)59(44,45)35-58)61-56(63-57)41-13-9-12-39(29-41)40-24-27-54-52(30-40)60(51-18-7-8-19-53(51)64-54)49-16-5-3-14-47(49)48-15-4-6-17-50(48)60/h1-30,44-46H,31-35H2/t44?,45-,46-,58?,59?/m0/s1. The van der Waals surface area contributed by atoms with Gasteiger partial charge < -0.3 is 4.74 Å². The number of ether oxygens (including phenoxy) is 1. The van der Waals surface area contributed by atoms with Crippen LogP contribution in [0.25, 0.3) is 67.2 Å². The zero-order chi connectivity index (χ0) is 41.8. The van der Waals surface area contributed by atoms with Crippen molar-refractivity contribution in [2.24, 2.45) is 23.2 Å². The molecule has 8 aromatic carbocycles. The van der Waals surface area contributed by atoms with Crippen molar-refractivity contribution >= 4 is 10.8 Å². The average Bonchev–Trinajstić information content (AvgIpc) is 3.96. The monoisotopic (exact) mass is 821 g/mol. The molecule has 304 valence electrons. The molecule has 2 bridgehead atoms. The Morgan fingerprint density at radius 2 is 0.969 bits per heavy atom. The maximum absolute atomic E-state index is 6.76. The predicted octanol–water partition coefficient (Wildman–Crippen LogP) is 14.2. The van der Waals surface area contributed by atoms with E-state index in [-0.39, 0.29) is 0 Å². The fourth-order valence-corrected chi connectivity index (χ4v) is 14.4. The molecule has 1 aliphatic heterocycles. The third-order valence-electron chi connectivity index (χ3n) is 17.0. The highest BCUT2D eigenvalue weighted by Gasteiger charge is 2.77. The average molecular weight is 822 g/mol. The van der Waals surface area contributed by atoms with E-state index in [1.165, 1.54) is 65.3 Å². The highest BCUT2D eigenvalue weighted by Crippen LogP contribution is 2.84. The zero-order valence-corrected chi connectivity index (χ0v) is 35.3. The van der Waals surface area contributed by atoms with Gasteiger partial charge in [-0.2, -0.15) is 0 Å². The van der Waals surface area contributed by atoms with Crippen molar-refractivity contribution in [3.63, 3.8) is 0 Å². The lowest BCUT2D eigenvalue weighted by Crippen LogP contribution is -2.59. The Balaban J connectivity index is 0.858. The number of para-hydroxylation sites is 1. The van der Waals surface area contributed by atoms with Crippen molar-refractivity contribution in [1.82, 2.24) is 15.0 Å². The SMILES string of the molecule is c1cc(-c2ccc3c(c2)C2(c4ccccc4O3)c3ccccc3-c3ccccc32)cc(-c2nc(-c3ccc(C45C[C@@H]6CC7C[C@@H](C4)C76C5)cc3)nc(-c3ccc4ccccc4c3)n2)c1. The van der Waals surface area contributed by atoms with Crippen LogP contribution in [-0.4, -0.2) is 15.0 Å². The second kappa shape index (κ2) is 12.5. The van der Waals surface area contributed by atoms with Crippen LogP contribution in [0.1, 0.15) is 59.9 Å². The molecule has 15 rings (SSSR count). The minimum absolute atomic E-state index is 0.358. The summed E-state index contributed by atoms with van der Waals surface area (Å²) < 4.78 is 6.76. The summed E-state index contributed by atoms with van der Waals surface area (Å²) in [4.78, 5) is 15.7. The molecule has 9 aromatic rings. The molecular formula is C60H43N3O. The van der Waals surface area contributed by atoms with Gasteiger partial charge in [0.2, 0.25) is 0 Å². The highest BCUT2D eigenvalue weighted by molar-refractivity contribution is 5.90. The summed E-state index contributed by atoms with van der Waals surface area (Å²) in [5.74, 6) is 6.74. The van der Waals surface area contributed by atoms with Gasteiger partial charge in [0.05, 0.1) is 5.41 Å². The van der Waals surface area contributed by atoms with E-state index in [9.17, 15) is 0 Å². The topological polar surface area (TPSA) is 47.9 Å². The Morgan fingerprint density at radius 1 is 0.406 bits per heavy atom. The normalized spacial score (nSPS) is 24.2. The maximum atomic E-state index is 6.76. The van der Waals surface area contributed by atoms with Gasteiger partial charge in [0.1, 0.15) is 11.5 Å². The van der Waals surface area contributed by atoms with Crippen molar-refractivity contribution in [1.29, 1.82) is 0 Å².